The van der Waals surface area contributed by atoms with Crippen LogP contribution in [0.25, 0.3) is 0 Å². The maximum atomic E-state index is 11.0. The summed E-state index contributed by atoms with van der Waals surface area (Å²) in [5.41, 5.74) is -0.321. The molecule has 0 bridgehead atoms. The molecular weight excluding hydrogens is 254 g/mol. The molecule has 2 unspecified atom stereocenters. The van der Waals surface area contributed by atoms with Crippen molar-refractivity contribution in [1.29, 1.82) is 0 Å². The van der Waals surface area contributed by atoms with Crippen LogP contribution in [0.15, 0.2) is 48.6 Å². The molecule has 3 N–H and O–H groups in total. The van der Waals surface area contributed by atoms with Crippen LogP contribution in [0.5, 0.6) is 0 Å². The maximum Gasteiger partial charge on any atom is 0.334 e. The summed E-state index contributed by atoms with van der Waals surface area (Å²) >= 11 is 0. The van der Waals surface area contributed by atoms with Crippen LogP contribution in [-0.2, 0) is 14.5 Å². The third kappa shape index (κ3) is 4.23. The lowest BCUT2D eigenvalue weighted by atomic mass is 9.98. The molecule has 0 amide bonds. The number of nitrogens with two attached hydrogens (primary N) is 1. The molecule has 5 nitrogen and oxygen atoms in total. The molecule has 6 heteroatoms. The SMILES string of the molecule is C=CC(CO)C1=CC=CC(C)(OS(N)(=O)=O)C=C1. The van der Waals surface area contributed by atoms with Gasteiger partial charge in [0.05, 0.1) is 6.61 Å². The molecule has 18 heavy (non-hydrogen) atoms. The number of hydrogen-bond acceptors (Lipinski definition) is 4. The van der Waals surface area contributed by atoms with E-state index in [1.165, 1.54) is 0 Å². The monoisotopic (exact) mass is 271 g/mol. The van der Waals surface area contributed by atoms with Crippen molar-refractivity contribution in [3.05, 3.63) is 48.6 Å². The number of allylic oxidation sites excluding steroid dienone is 3. The van der Waals surface area contributed by atoms with Gasteiger partial charge in [-0.2, -0.15) is 8.42 Å². The maximum absolute atomic E-state index is 11.0. The number of hydrogen-bond donors (Lipinski definition) is 2. The molecule has 0 heterocycles. The fraction of sp³-hybridized carbons (Fsp3) is 0.333. The zero-order valence-electron chi connectivity index (χ0n) is 10.1. The van der Waals surface area contributed by atoms with Crippen molar-refractivity contribution in [3.63, 3.8) is 0 Å². The summed E-state index contributed by atoms with van der Waals surface area (Å²) in [6, 6.07) is 0. The van der Waals surface area contributed by atoms with Crippen LogP contribution in [0.4, 0.5) is 0 Å². The Bertz CT molecular complexity index is 504. The number of aliphatic hydroxyl groups is 1. The van der Waals surface area contributed by atoms with Crippen molar-refractivity contribution in [2.75, 3.05) is 6.61 Å². The third-order valence-corrected chi connectivity index (χ3v) is 3.12. The lowest BCUT2D eigenvalue weighted by Crippen LogP contribution is -2.31. The molecule has 1 rings (SSSR count). The summed E-state index contributed by atoms with van der Waals surface area (Å²) < 4.78 is 26.7. The van der Waals surface area contributed by atoms with Gasteiger partial charge in [0.1, 0.15) is 5.60 Å². The van der Waals surface area contributed by atoms with Crippen LogP contribution >= 0.6 is 0 Å². The molecule has 0 aromatic carbocycles. The highest BCUT2D eigenvalue weighted by atomic mass is 32.2. The molecular formula is C12H17NO4S. The van der Waals surface area contributed by atoms with E-state index in [9.17, 15) is 8.42 Å². The zero-order valence-corrected chi connectivity index (χ0v) is 10.9. The van der Waals surface area contributed by atoms with E-state index in [0.29, 0.717) is 0 Å². The molecule has 100 valence electrons. The van der Waals surface area contributed by atoms with Crippen molar-refractivity contribution < 1.29 is 17.7 Å². The van der Waals surface area contributed by atoms with E-state index in [1.54, 1.807) is 43.4 Å². The van der Waals surface area contributed by atoms with Gasteiger partial charge in [-0.25, -0.2) is 9.32 Å². The normalized spacial score (nSPS) is 25.4. The molecule has 0 saturated carbocycles. The van der Waals surface area contributed by atoms with E-state index >= 15 is 0 Å². The second-order valence-electron chi connectivity index (χ2n) is 4.14. The molecule has 0 aromatic rings. The largest absolute Gasteiger partial charge is 0.395 e. The van der Waals surface area contributed by atoms with Gasteiger partial charge in [-0.05, 0) is 24.6 Å². The molecule has 0 fully saturated rings. The van der Waals surface area contributed by atoms with Gasteiger partial charge in [0.15, 0.2) is 0 Å². The first kappa shape index (κ1) is 14.8. The first-order chi connectivity index (χ1) is 8.29. The molecule has 0 aliphatic heterocycles. The molecule has 0 saturated heterocycles. The minimum Gasteiger partial charge on any atom is -0.395 e. The first-order valence-corrected chi connectivity index (χ1v) is 6.82. The molecule has 1 aliphatic rings. The summed E-state index contributed by atoms with van der Waals surface area (Å²) in [5.74, 6) is -0.206. The zero-order chi connectivity index (χ0) is 13.8. The summed E-state index contributed by atoms with van der Waals surface area (Å²) in [4.78, 5) is 0. The highest BCUT2D eigenvalue weighted by molar-refractivity contribution is 7.84. The summed E-state index contributed by atoms with van der Waals surface area (Å²) in [5, 5.41) is 14.0. The fourth-order valence-corrected chi connectivity index (χ4v) is 2.20. The van der Waals surface area contributed by atoms with E-state index in [1.807, 2.05) is 0 Å². The van der Waals surface area contributed by atoms with Crippen LogP contribution < -0.4 is 5.14 Å². The van der Waals surface area contributed by atoms with E-state index < -0.39 is 15.9 Å². The number of aliphatic hydroxyl groups excluding tert-OH is 1. The van der Waals surface area contributed by atoms with E-state index in [2.05, 4.69) is 6.58 Å². The lowest BCUT2D eigenvalue weighted by Gasteiger charge is -2.19. The van der Waals surface area contributed by atoms with Gasteiger partial charge < -0.3 is 5.11 Å². The quantitative estimate of drug-likeness (QED) is 0.724. The molecule has 0 radical (unpaired) electrons. The molecule has 0 spiro atoms. The van der Waals surface area contributed by atoms with Crippen LogP contribution in [0.1, 0.15) is 6.92 Å². The highest BCUT2D eigenvalue weighted by Crippen LogP contribution is 2.23. The van der Waals surface area contributed by atoms with Gasteiger partial charge in [-0.1, -0.05) is 24.3 Å². The average Bonchev–Trinajstić information content (AvgIpc) is 2.41. The second kappa shape index (κ2) is 5.62. The Kier molecular flexibility index (Phi) is 4.64. The van der Waals surface area contributed by atoms with E-state index in [0.717, 1.165) is 5.57 Å². The van der Waals surface area contributed by atoms with Gasteiger partial charge in [-0.15, -0.1) is 6.58 Å². The summed E-state index contributed by atoms with van der Waals surface area (Å²) in [6.07, 6.45) is 9.86. The molecule has 1 aliphatic carbocycles. The van der Waals surface area contributed by atoms with Crippen molar-refractivity contribution in [2.24, 2.45) is 11.1 Å². The summed E-state index contributed by atoms with van der Waals surface area (Å²) in [6.45, 7) is 5.13. The van der Waals surface area contributed by atoms with Crippen LogP contribution in [0.2, 0.25) is 0 Å². The van der Waals surface area contributed by atoms with Gasteiger partial charge in [0.25, 0.3) is 0 Å². The smallest absolute Gasteiger partial charge is 0.334 e. The lowest BCUT2D eigenvalue weighted by molar-refractivity contribution is 0.201. The van der Waals surface area contributed by atoms with E-state index in [4.69, 9.17) is 14.4 Å². The molecule has 0 aromatic heterocycles. The third-order valence-electron chi connectivity index (χ3n) is 2.53. The van der Waals surface area contributed by atoms with Gasteiger partial charge in [0, 0.05) is 5.92 Å². The Morgan fingerprint density at radius 2 is 2.28 bits per heavy atom. The van der Waals surface area contributed by atoms with Gasteiger partial charge in [-0.3, -0.25) is 0 Å². The van der Waals surface area contributed by atoms with Crippen molar-refractivity contribution >= 4 is 10.3 Å². The van der Waals surface area contributed by atoms with Crippen LogP contribution in [0, 0.1) is 5.92 Å². The Balaban J connectivity index is 2.97. The Morgan fingerprint density at radius 3 is 2.78 bits per heavy atom. The first-order valence-electron chi connectivity index (χ1n) is 5.35. The number of rotatable bonds is 5. The van der Waals surface area contributed by atoms with Crippen LogP contribution in [-0.4, -0.2) is 25.7 Å². The Labute approximate surface area is 107 Å². The van der Waals surface area contributed by atoms with Gasteiger partial charge >= 0.3 is 10.3 Å². The summed E-state index contributed by atoms with van der Waals surface area (Å²) in [7, 11) is -4.04. The average molecular weight is 271 g/mol. The Hall–Kier alpha value is -1.21. The van der Waals surface area contributed by atoms with Crippen molar-refractivity contribution in [3.8, 4) is 0 Å². The minimum absolute atomic E-state index is 0.0692. The fourth-order valence-electron chi connectivity index (χ4n) is 1.59. The predicted molar refractivity (Wildman–Crippen MR) is 69.7 cm³/mol. The van der Waals surface area contributed by atoms with Crippen LogP contribution in [0.3, 0.4) is 0 Å². The second-order valence-corrected chi connectivity index (χ2v) is 5.30. The van der Waals surface area contributed by atoms with Crippen molar-refractivity contribution in [2.45, 2.75) is 12.5 Å². The highest BCUT2D eigenvalue weighted by Gasteiger charge is 2.25. The minimum atomic E-state index is -4.04. The van der Waals surface area contributed by atoms with E-state index in [-0.39, 0.29) is 12.5 Å². The predicted octanol–water partition coefficient (Wildman–Crippen LogP) is 0.812. The van der Waals surface area contributed by atoms with Crippen molar-refractivity contribution in [1.82, 2.24) is 0 Å². The Morgan fingerprint density at radius 1 is 1.61 bits per heavy atom. The molecule has 2 atom stereocenters. The standard InChI is InChI=1S/C12H17NO4S/c1-3-10(9-14)11-5-4-7-12(2,8-6-11)17-18(13,15)16/h3-8,10,14H,1,9H2,2H3,(H2,13,15,16). The van der Waals surface area contributed by atoms with Gasteiger partial charge in [0.2, 0.25) is 0 Å². The topological polar surface area (TPSA) is 89.6 Å².